The molecule has 1 aliphatic carbocycles. The predicted octanol–water partition coefficient (Wildman–Crippen LogP) is 1.99. The fourth-order valence-electron chi connectivity index (χ4n) is 2.09. The zero-order valence-corrected chi connectivity index (χ0v) is 11.1. The lowest BCUT2D eigenvalue weighted by Crippen LogP contribution is -2.20. The van der Waals surface area contributed by atoms with E-state index < -0.39 is 11.7 Å². The van der Waals surface area contributed by atoms with E-state index in [1.165, 1.54) is 16.8 Å². The maximum Gasteiger partial charge on any atom is 0.416 e. The average molecular weight is 297 g/mol. The van der Waals surface area contributed by atoms with E-state index in [4.69, 9.17) is 0 Å². The van der Waals surface area contributed by atoms with Crippen molar-refractivity contribution in [1.29, 1.82) is 0 Å². The van der Waals surface area contributed by atoms with Gasteiger partial charge in [-0.05, 0) is 34.9 Å². The van der Waals surface area contributed by atoms with Crippen molar-refractivity contribution < 1.29 is 13.2 Å². The maximum atomic E-state index is 13.0. The summed E-state index contributed by atoms with van der Waals surface area (Å²) in [7, 11) is 0. The summed E-state index contributed by atoms with van der Waals surface area (Å²) in [5, 5.41) is 14.4. The Kier molecular flexibility index (Phi) is 3.62. The number of tetrazole rings is 1. The molecule has 0 saturated heterocycles. The highest BCUT2D eigenvalue weighted by Crippen LogP contribution is 2.32. The van der Waals surface area contributed by atoms with E-state index in [1.807, 2.05) is 0 Å². The Bertz CT molecular complexity index is 618. The lowest BCUT2D eigenvalue weighted by molar-refractivity contribution is -0.138. The van der Waals surface area contributed by atoms with Crippen molar-refractivity contribution in [2.24, 2.45) is 0 Å². The molecular formula is C13H14F3N5. The predicted molar refractivity (Wildman–Crippen MR) is 68.2 cm³/mol. The molecule has 8 heteroatoms. The normalized spacial score (nSPS) is 15.4. The lowest BCUT2D eigenvalue weighted by Gasteiger charge is -2.13. The Labute approximate surface area is 119 Å². The van der Waals surface area contributed by atoms with Gasteiger partial charge in [-0.2, -0.15) is 13.2 Å². The van der Waals surface area contributed by atoms with Crippen molar-refractivity contribution in [3.8, 4) is 0 Å². The fraction of sp³-hybridized carbons (Fsp3) is 0.462. The third-order valence-corrected chi connectivity index (χ3v) is 3.38. The number of hydrogen-bond donors (Lipinski definition) is 1. The Hall–Kier alpha value is -1.96. The van der Waals surface area contributed by atoms with E-state index in [2.05, 4.69) is 20.8 Å². The number of nitrogens with one attached hydrogen (secondary N) is 1. The van der Waals surface area contributed by atoms with Gasteiger partial charge in [-0.1, -0.05) is 18.2 Å². The van der Waals surface area contributed by atoms with Gasteiger partial charge in [-0.15, -0.1) is 5.10 Å². The molecule has 1 fully saturated rings. The van der Waals surface area contributed by atoms with Crippen LogP contribution < -0.4 is 5.32 Å². The van der Waals surface area contributed by atoms with Crippen LogP contribution in [0, 0.1) is 0 Å². The van der Waals surface area contributed by atoms with E-state index in [9.17, 15) is 13.2 Å². The summed E-state index contributed by atoms with van der Waals surface area (Å²) in [6.45, 7) is 0.468. The van der Waals surface area contributed by atoms with Crippen LogP contribution in [-0.2, 0) is 19.3 Å². The second kappa shape index (κ2) is 5.44. The first-order valence-electron chi connectivity index (χ1n) is 6.67. The van der Waals surface area contributed by atoms with Crippen molar-refractivity contribution in [3.63, 3.8) is 0 Å². The molecule has 5 nitrogen and oxygen atoms in total. The van der Waals surface area contributed by atoms with Gasteiger partial charge in [-0.3, -0.25) is 0 Å². The van der Waals surface area contributed by atoms with Crippen molar-refractivity contribution in [2.45, 2.75) is 38.1 Å². The number of halogens is 3. The highest BCUT2D eigenvalue weighted by atomic mass is 19.4. The van der Waals surface area contributed by atoms with E-state index in [-0.39, 0.29) is 12.1 Å². The molecule has 1 aromatic heterocycles. The SMILES string of the molecule is FC(F)(F)c1ccccc1Cn1nnnc1CNC1CC1. The van der Waals surface area contributed by atoms with Crippen LogP contribution in [0.3, 0.4) is 0 Å². The van der Waals surface area contributed by atoms with Crippen LogP contribution >= 0.6 is 0 Å². The van der Waals surface area contributed by atoms with Gasteiger partial charge in [0, 0.05) is 6.04 Å². The van der Waals surface area contributed by atoms with Crippen LogP contribution in [0.15, 0.2) is 24.3 Å². The van der Waals surface area contributed by atoms with Gasteiger partial charge in [0.1, 0.15) is 0 Å². The van der Waals surface area contributed by atoms with Gasteiger partial charge >= 0.3 is 6.18 Å². The Morgan fingerprint density at radius 2 is 2.00 bits per heavy atom. The summed E-state index contributed by atoms with van der Waals surface area (Å²) in [5.74, 6) is 0.541. The monoisotopic (exact) mass is 297 g/mol. The largest absolute Gasteiger partial charge is 0.416 e. The first-order chi connectivity index (χ1) is 10.0. The van der Waals surface area contributed by atoms with E-state index in [0.717, 1.165) is 18.9 Å². The molecule has 0 spiro atoms. The molecule has 3 rings (SSSR count). The van der Waals surface area contributed by atoms with Crippen LogP contribution in [0.1, 0.15) is 29.8 Å². The number of nitrogens with zero attached hydrogens (tertiary/aromatic N) is 4. The zero-order valence-electron chi connectivity index (χ0n) is 11.1. The number of rotatable bonds is 5. The molecule has 1 aliphatic rings. The lowest BCUT2D eigenvalue weighted by atomic mass is 10.1. The standard InChI is InChI=1S/C13H14F3N5/c14-13(15,16)11-4-2-1-3-9(11)8-21-12(18-19-20-21)7-17-10-5-6-10/h1-4,10,17H,5-8H2. The van der Waals surface area contributed by atoms with E-state index in [1.54, 1.807) is 6.07 Å². The Morgan fingerprint density at radius 3 is 2.71 bits per heavy atom. The topological polar surface area (TPSA) is 55.6 Å². The van der Waals surface area contributed by atoms with Crippen molar-refractivity contribution in [2.75, 3.05) is 0 Å². The van der Waals surface area contributed by atoms with Crippen LogP contribution in [0.4, 0.5) is 13.2 Å². The van der Waals surface area contributed by atoms with Crippen LogP contribution in [0.2, 0.25) is 0 Å². The van der Waals surface area contributed by atoms with E-state index in [0.29, 0.717) is 18.4 Å². The first-order valence-corrected chi connectivity index (χ1v) is 6.67. The molecule has 21 heavy (non-hydrogen) atoms. The van der Waals surface area contributed by atoms with E-state index >= 15 is 0 Å². The molecule has 0 unspecified atom stereocenters. The van der Waals surface area contributed by atoms with Gasteiger partial charge < -0.3 is 5.32 Å². The smallest absolute Gasteiger partial charge is 0.307 e. The molecule has 1 N–H and O–H groups in total. The summed E-state index contributed by atoms with van der Waals surface area (Å²) in [6.07, 6.45) is -2.13. The number of aromatic nitrogens is 4. The minimum absolute atomic E-state index is 0.00433. The fourth-order valence-corrected chi connectivity index (χ4v) is 2.09. The molecule has 0 atom stereocenters. The van der Waals surface area contributed by atoms with Gasteiger partial charge in [0.15, 0.2) is 5.82 Å². The summed E-state index contributed by atoms with van der Waals surface area (Å²) in [6, 6.07) is 5.96. The second-order valence-electron chi connectivity index (χ2n) is 5.06. The molecular weight excluding hydrogens is 283 g/mol. The van der Waals surface area contributed by atoms with Gasteiger partial charge in [0.25, 0.3) is 0 Å². The minimum atomic E-state index is -4.38. The summed E-state index contributed by atoms with van der Waals surface area (Å²) in [4.78, 5) is 0. The number of hydrogen-bond acceptors (Lipinski definition) is 4. The van der Waals surface area contributed by atoms with Crippen molar-refractivity contribution >= 4 is 0 Å². The molecule has 2 aromatic rings. The third kappa shape index (κ3) is 3.38. The highest BCUT2D eigenvalue weighted by Gasteiger charge is 2.33. The Balaban J connectivity index is 1.79. The van der Waals surface area contributed by atoms with Crippen LogP contribution in [-0.4, -0.2) is 26.2 Å². The first kappa shape index (κ1) is 14.0. The summed E-state index contributed by atoms with van der Waals surface area (Å²) in [5.41, 5.74) is -0.494. The molecule has 1 heterocycles. The zero-order chi connectivity index (χ0) is 14.9. The molecule has 1 aromatic carbocycles. The van der Waals surface area contributed by atoms with Gasteiger partial charge in [0.05, 0.1) is 18.7 Å². The summed E-state index contributed by atoms with van der Waals surface area (Å²) < 4.78 is 40.3. The quantitative estimate of drug-likeness (QED) is 0.917. The molecule has 1 saturated carbocycles. The van der Waals surface area contributed by atoms with Gasteiger partial charge in [0.2, 0.25) is 0 Å². The molecule has 0 amide bonds. The van der Waals surface area contributed by atoms with Crippen LogP contribution in [0.25, 0.3) is 0 Å². The number of alkyl halides is 3. The minimum Gasteiger partial charge on any atom is -0.307 e. The molecule has 0 aliphatic heterocycles. The molecule has 0 radical (unpaired) electrons. The Morgan fingerprint density at radius 1 is 1.24 bits per heavy atom. The average Bonchev–Trinajstić information content (AvgIpc) is 3.16. The molecule has 112 valence electrons. The number of benzene rings is 1. The second-order valence-corrected chi connectivity index (χ2v) is 5.06. The van der Waals surface area contributed by atoms with Crippen molar-refractivity contribution in [1.82, 2.24) is 25.5 Å². The summed E-state index contributed by atoms with van der Waals surface area (Å²) >= 11 is 0. The highest BCUT2D eigenvalue weighted by molar-refractivity contribution is 5.29. The third-order valence-electron chi connectivity index (χ3n) is 3.38. The van der Waals surface area contributed by atoms with Crippen molar-refractivity contribution in [3.05, 3.63) is 41.2 Å². The van der Waals surface area contributed by atoms with Crippen LogP contribution in [0.5, 0.6) is 0 Å². The molecule has 0 bridgehead atoms. The van der Waals surface area contributed by atoms with Gasteiger partial charge in [-0.25, -0.2) is 4.68 Å². The maximum absolute atomic E-state index is 13.0.